The molecular weight excluding hydrogens is 178 g/mol. The average molecular weight is 197 g/mol. The molecule has 0 aromatic carbocycles. The Morgan fingerprint density at radius 2 is 2.43 bits per heavy atom. The highest BCUT2D eigenvalue weighted by atomic mass is 16.3. The van der Waals surface area contributed by atoms with E-state index in [2.05, 4.69) is 17.5 Å². The van der Waals surface area contributed by atoms with Crippen LogP contribution in [0.3, 0.4) is 0 Å². The number of carbonyl (C=O) groups excluding carboxylic acids is 1. The molecule has 2 unspecified atom stereocenters. The van der Waals surface area contributed by atoms with E-state index in [1.807, 2.05) is 6.92 Å². The average Bonchev–Trinajstić information content (AvgIpc) is 2.26. The fraction of sp³-hybridized carbons (Fsp3) is 0.727. The zero-order valence-electron chi connectivity index (χ0n) is 8.70. The first-order valence-electron chi connectivity index (χ1n) is 5.34. The standard InChI is InChI=1S/C11H19NO2/c1-2-10(8-13)12-11(14)9-6-4-3-5-7-9/h3-4,9-10,13H,2,5-8H2,1H3,(H,12,14). The van der Waals surface area contributed by atoms with E-state index in [1.54, 1.807) is 0 Å². The molecule has 0 aliphatic heterocycles. The molecule has 0 spiro atoms. The van der Waals surface area contributed by atoms with Crippen LogP contribution in [-0.2, 0) is 4.79 Å². The zero-order chi connectivity index (χ0) is 10.4. The lowest BCUT2D eigenvalue weighted by Gasteiger charge is -2.21. The van der Waals surface area contributed by atoms with Gasteiger partial charge < -0.3 is 10.4 Å². The molecule has 0 heterocycles. The van der Waals surface area contributed by atoms with E-state index < -0.39 is 0 Å². The Bertz CT molecular complexity index is 209. The second kappa shape index (κ2) is 5.81. The van der Waals surface area contributed by atoms with Gasteiger partial charge in [0.1, 0.15) is 0 Å². The fourth-order valence-electron chi connectivity index (χ4n) is 1.63. The summed E-state index contributed by atoms with van der Waals surface area (Å²) in [7, 11) is 0. The Kier molecular flexibility index (Phi) is 4.66. The lowest BCUT2D eigenvalue weighted by Crippen LogP contribution is -2.40. The fourth-order valence-corrected chi connectivity index (χ4v) is 1.63. The molecule has 14 heavy (non-hydrogen) atoms. The van der Waals surface area contributed by atoms with Crippen LogP contribution in [0.2, 0.25) is 0 Å². The van der Waals surface area contributed by atoms with Crippen LogP contribution in [-0.4, -0.2) is 23.7 Å². The smallest absolute Gasteiger partial charge is 0.223 e. The van der Waals surface area contributed by atoms with E-state index in [1.165, 1.54) is 0 Å². The molecule has 3 nitrogen and oxygen atoms in total. The van der Waals surface area contributed by atoms with Crippen LogP contribution in [0.1, 0.15) is 32.6 Å². The topological polar surface area (TPSA) is 49.3 Å². The van der Waals surface area contributed by atoms with Gasteiger partial charge in [0, 0.05) is 5.92 Å². The summed E-state index contributed by atoms with van der Waals surface area (Å²) in [4.78, 5) is 11.7. The summed E-state index contributed by atoms with van der Waals surface area (Å²) in [5, 5.41) is 11.8. The minimum absolute atomic E-state index is 0.0325. The molecule has 0 bridgehead atoms. The number of allylic oxidation sites excluding steroid dienone is 2. The highest BCUT2D eigenvalue weighted by molar-refractivity contribution is 5.79. The lowest BCUT2D eigenvalue weighted by molar-refractivity contribution is -0.126. The molecular formula is C11H19NO2. The second-order valence-electron chi connectivity index (χ2n) is 3.78. The summed E-state index contributed by atoms with van der Waals surface area (Å²) < 4.78 is 0. The Morgan fingerprint density at radius 3 is 2.93 bits per heavy atom. The van der Waals surface area contributed by atoms with Crippen molar-refractivity contribution in [2.24, 2.45) is 5.92 Å². The predicted molar refractivity (Wildman–Crippen MR) is 55.8 cm³/mol. The monoisotopic (exact) mass is 197 g/mol. The van der Waals surface area contributed by atoms with Crippen LogP contribution in [0.4, 0.5) is 0 Å². The van der Waals surface area contributed by atoms with Crippen LogP contribution < -0.4 is 5.32 Å². The van der Waals surface area contributed by atoms with Crippen molar-refractivity contribution in [3.63, 3.8) is 0 Å². The minimum atomic E-state index is -0.0755. The summed E-state index contributed by atoms with van der Waals surface area (Å²) in [6.45, 7) is 1.99. The van der Waals surface area contributed by atoms with Gasteiger partial charge in [-0.2, -0.15) is 0 Å². The molecule has 0 fully saturated rings. The molecule has 0 aromatic rings. The molecule has 0 aromatic heterocycles. The summed E-state index contributed by atoms with van der Waals surface area (Å²) in [5.74, 6) is 0.204. The number of aliphatic hydroxyl groups excluding tert-OH is 1. The Labute approximate surface area is 85.2 Å². The lowest BCUT2D eigenvalue weighted by atomic mass is 9.93. The number of aliphatic hydroxyl groups is 1. The van der Waals surface area contributed by atoms with Crippen LogP contribution >= 0.6 is 0 Å². The first-order valence-corrected chi connectivity index (χ1v) is 5.34. The number of hydrogen-bond donors (Lipinski definition) is 2. The van der Waals surface area contributed by atoms with E-state index in [0.29, 0.717) is 0 Å². The molecule has 3 heteroatoms. The quantitative estimate of drug-likeness (QED) is 0.666. The van der Waals surface area contributed by atoms with Gasteiger partial charge in [-0.05, 0) is 25.7 Å². The maximum absolute atomic E-state index is 11.7. The van der Waals surface area contributed by atoms with Crippen LogP contribution in [0.15, 0.2) is 12.2 Å². The highest BCUT2D eigenvalue weighted by Crippen LogP contribution is 2.18. The Hall–Kier alpha value is -0.830. The van der Waals surface area contributed by atoms with Crippen molar-refractivity contribution >= 4 is 5.91 Å². The third-order valence-electron chi connectivity index (χ3n) is 2.70. The molecule has 1 aliphatic rings. The number of hydrogen-bond acceptors (Lipinski definition) is 2. The molecule has 2 N–H and O–H groups in total. The van der Waals surface area contributed by atoms with Gasteiger partial charge >= 0.3 is 0 Å². The summed E-state index contributed by atoms with van der Waals surface area (Å²) >= 11 is 0. The normalized spacial score (nSPS) is 23.1. The first-order chi connectivity index (χ1) is 6.77. The maximum atomic E-state index is 11.7. The van der Waals surface area contributed by atoms with Crippen LogP contribution in [0.25, 0.3) is 0 Å². The molecule has 0 radical (unpaired) electrons. The van der Waals surface area contributed by atoms with Crippen LogP contribution in [0.5, 0.6) is 0 Å². The van der Waals surface area contributed by atoms with E-state index in [0.717, 1.165) is 25.7 Å². The number of amides is 1. The predicted octanol–water partition coefficient (Wildman–Crippen LogP) is 1.23. The first kappa shape index (κ1) is 11.2. The van der Waals surface area contributed by atoms with E-state index in [-0.39, 0.29) is 24.5 Å². The highest BCUT2D eigenvalue weighted by Gasteiger charge is 2.20. The Morgan fingerprint density at radius 1 is 1.64 bits per heavy atom. The van der Waals surface area contributed by atoms with Gasteiger partial charge in [0.05, 0.1) is 12.6 Å². The molecule has 1 rings (SSSR count). The molecule has 0 saturated carbocycles. The number of carbonyl (C=O) groups is 1. The third kappa shape index (κ3) is 3.14. The van der Waals surface area contributed by atoms with Gasteiger partial charge in [-0.25, -0.2) is 0 Å². The van der Waals surface area contributed by atoms with E-state index >= 15 is 0 Å². The summed E-state index contributed by atoms with van der Waals surface area (Å²) in [5.41, 5.74) is 0. The number of rotatable bonds is 4. The van der Waals surface area contributed by atoms with Gasteiger partial charge in [0.25, 0.3) is 0 Å². The van der Waals surface area contributed by atoms with Crippen molar-refractivity contribution in [2.45, 2.75) is 38.6 Å². The molecule has 1 aliphatic carbocycles. The second-order valence-corrected chi connectivity index (χ2v) is 3.78. The van der Waals surface area contributed by atoms with Crippen molar-refractivity contribution in [1.82, 2.24) is 5.32 Å². The maximum Gasteiger partial charge on any atom is 0.223 e. The van der Waals surface area contributed by atoms with E-state index in [4.69, 9.17) is 5.11 Å². The van der Waals surface area contributed by atoms with E-state index in [9.17, 15) is 4.79 Å². The van der Waals surface area contributed by atoms with Crippen molar-refractivity contribution in [3.8, 4) is 0 Å². The van der Waals surface area contributed by atoms with Gasteiger partial charge in [-0.15, -0.1) is 0 Å². The molecule has 2 atom stereocenters. The van der Waals surface area contributed by atoms with Gasteiger partial charge in [-0.3, -0.25) is 4.79 Å². The Balaban J connectivity index is 2.36. The summed E-state index contributed by atoms with van der Waals surface area (Å²) in [6.07, 6.45) is 7.73. The largest absolute Gasteiger partial charge is 0.394 e. The van der Waals surface area contributed by atoms with Crippen LogP contribution in [0, 0.1) is 5.92 Å². The molecule has 80 valence electrons. The third-order valence-corrected chi connectivity index (χ3v) is 2.70. The molecule has 0 saturated heterocycles. The zero-order valence-corrected chi connectivity index (χ0v) is 8.70. The van der Waals surface area contributed by atoms with Crippen molar-refractivity contribution < 1.29 is 9.90 Å². The minimum Gasteiger partial charge on any atom is -0.394 e. The number of nitrogens with one attached hydrogen (secondary N) is 1. The molecule has 1 amide bonds. The van der Waals surface area contributed by atoms with Crippen molar-refractivity contribution in [3.05, 3.63) is 12.2 Å². The van der Waals surface area contributed by atoms with Crippen molar-refractivity contribution in [2.75, 3.05) is 6.61 Å². The van der Waals surface area contributed by atoms with Gasteiger partial charge in [0.15, 0.2) is 0 Å². The van der Waals surface area contributed by atoms with Gasteiger partial charge in [-0.1, -0.05) is 19.1 Å². The SMILES string of the molecule is CCC(CO)NC(=O)C1CC=CCC1. The van der Waals surface area contributed by atoms with Gasteiger partial charge in [0.2, 0.25) is 5.91 Å². The van der Waals surface area contributed by atoms with Crippen molar-refractivity contribution in [1.29, 1.82) is 0 Å². The summed E-state index contributed by atoms with van der Waals surface area (Å²) in [6, 6.07) is -0.0755.